The Morgan fingerprint density at radius 2 is 1.73 bits per heavy atom. The summed E-state index contributed by atoms with van der Waals surface area (Å²) in [6, 6.07) is 11.8. The van der Waals surface area contributed by atoms with Crippen molar-refractivity contribution in [1.29, 1.82) is 0 Å². The fourth-order valence-electron chi connectivity index (χ4n) is 2.68. The first-order valence-electron chi connectivity index (χ1n) is 8.85. The molecule has 0 bridgehead atoms. The molecule has 5 nitrogen and oxygen atoms in total. The van der Waals surface area contributed by atoms with Gasteiger partial charge in [-0.05, 0) is 61.6 Å². The van der Waals surface area contributed by atoms with Gasteiger partial charge in [0.2, 0.25) is 0 Å². The zero-order chi connectivity index (χ0) is 18.9. The molecular formula is C21H28N2O3. The number of rotatable bonds is 8. The standard InChI is InChI=1S/C21H28N2O3/c1-15-8-9-16(2)20(17(15)3)26-13-12-23-21(24)22-11-10-18-6-5-7-19(14-18)25-4/h5-9,14H,10-13H2,1-4H3,(H2,22,23,24). The molecule has 26 heavy (non-hydrogen) atoms. The van der Waals surface area contributed by atoms with Crippen molar-refractivity contribution in [3.8, 4) is 11.5 Å². The third-order valence-electron chi connectivity index (χ3n) is 4.34. The normalized spacial score (nSPS) is 10.3. The Labute approximate surface area is 155 Å². The first kappa shape index (κ1) is 19.6. The highest BCUT2D eigenvalue weighted by Gasteiger charge is 2.06. The molecular weight excluding hydrogens is 328 g/mol. The Kier molecular flexibility index (Phi) is 7.33. The van der Waals surface area contributed by atoms with Gasteiger partial charge in [0.15, 0.2) is 0 Å². The van der Waals surface area contributed by atoms with E-state index in [2.05, 4.69) is 36.6 Å². The SMILES string of the molecule is COc1cccc(CCNC(=O)NCCOc2c(C)ccc(C)c2C)c1. The summed E-state index contributed by atoms with van der Waals surface area (Å²) >= 11 is 0. The molecule has 2 amide bonds. The number of benzene rings is 2. The van der Waals surface area contributed by atoms with E-state index in [0.29, 0.717) is 19.7 Å². The smallest absolute Gasteiger partial charge is 0.314 e. The van der Waals surface area contributed by atoms with Crippen molar-refractivity contribution < 1.29 is 14.3 Å². The number of methoxy groups -OCH3 is 1. The van der Waals surface area contributed by atoms with Crippen LogP contribution in [0.4, 0.5) is 4.79 Å². The highest BCUT2D eigenvalue weighted by molar-refractivity contribution is 5.73. The van der Waals surface area contributed by atoms with Gasteiger partial charge in [0.1, 0.15) is 18.1 Å². The van der Waals surface area contributed by atoms with Gasteiger partial charge in [-0.1, -0.05) is 24.3 Å². The van der Waals surface area contributed by atoms with E-state index in [-0.39, 0.29) is 6.03 Å². The zero-order valence-electron chi connectivity index (χ0n) is 16.0. The monoisotopic (exact) mass is 356 g/mol. The van der Waals surface area contributed by atoms with E-state index < -0.39 is 0 Å². The molecule has 0 aliphatic carbocycles. The molecule has 0 atom stereocenters. The summed E-state index contributed by atoms with van der Waals surface area (Å²) < 4.78 is 11.0. The predicted octanol–water partition coefficient (Wildman–Crippen LogP) is 3.54. The van der Waals surface area contributed by atoms with Gasteiger partial charge in [-0.2, -0.15) is 0 Å². The molecule has 0 aliphatic rings. The van der Waals surface area contributed by atoms with Gasteiger partial charge in [-0.15, -0.1) is 0 Å². The Morgan fingerprint density at radius 3 is 2.50 bits per heavy atom. The number of hydrogen-bond donors (Lipinski definition) is 2. The molecule has 0 fully saturated rings. The molecule has 5 heteroatoms. The summed E-state index contributed by atoms with van der Waals surface area (Å²) in [5.74, 6) is 1.73. The first-order valence-corrected chi connectivity index (χ1v) is 8.85. The number of hydrogen-bond acceptors (Lipinski definition) is 3. The van der Waals surface area contributed by atoms with Crippen molar-refractivity contribution in [3.63, 3.8) is 0 Å². The number of ether oxygens (including phenoxy) is 2. The van der Waals surface area contributed by atoms with E-state index in [9.17, 15) is 4.79 Å². The van der Waals surface area contributed by atoms with Crippen molar-refractivity contribution in [2.24, 2.45) is 0 Å². The number of aryl methyl sites for hydroxylation is 2. The van der Waals surface area contributed by atoms with Gasteiger partial charge in [0, 0.05) is 6.54 Å². The molecule has 2 rings (SSSR count). The number of carbonyl (C=O) groups excluding carboxylic acids is 1. The van der Waals surface area contributed by atoms with Crippen LogP contribution in [0.25, 0.3) is 0 Å². The van der Waals surface area contributed by atoms with Gasteiger partial charge in [-0.3, -0.25) is 0 Å². The molecule has 0 aromatic heterocycles. The molecule has 2 aromatic rings. The Hall–Kier alpha value is -2.69. The number of carbonyl (C=O) groups is 1. The minimum Gasteiger partial charge on any atom is -0.497 e. The van der Waals surface area contributed by atoms with E-state index in [4.69, 9.17) is 9.47 Å². The average Bonchev–Trinajstić information content (AvgIpc) is 2.64. The summed E-state index contributed by atoms with van der Waals surface area (Å²) in [4.78, 5) is 11.9. The van der Waals surface area contributed by atoms with Gasteiger partial charge in [0.25, 0.3) is 0 Å². The second-order valence-corrected chi connectivity index (χ2v) is 6.29. The van der Waals surface area contributed by atoms with Crippen molar-refractivity contribution in [2.45, 2.75) is 27.2 Å². The molecule has 0 saturated heterocycles. The summed E-state index contributed by atoms with van der Waals surface area (Å²) in [5.41, 5.74) is 4.58. The summed E-state index contributed by atoms with van der Waals surface area (Å²) in [5, 5.41) is 5.67. The van der Waals surface area contributed by atoms with Crippen LogP contribution in [0, 0.1) is 20.8 Å². The third kappa shape index (κ3) is 5.69. The lowest BCUT2D eigenvalue weighted by Crippen LogP contribution is -2.38. The topological polar surface area (TPSA) is 59.6 Å². The number of urea groups is 1. The van der Waals surface area contributed by atoms with Crippen LogP contribution in [0.15, 0.2) is 36.4 Å². The third-order valence-corrected chi connectivity index (χ3v) is 4.34. The number of nitrogens with one attached hydrogen (secondary N) is 2. The van der Waals surface area contributed by atoms with Gasteiger partial charge >= 0.3 is 6.03 Å². The van der Waals surface area contributed by atoms with Crippen LogP contribution in [-0.4, -0.2) is 32.8 Å². The van der Waals surface area contributed by atoms with Crippen LogP contribution in [-0.2, 0) is 6.42 Å². The van der Waals surface area contributed by atoms with E-state index in [1.54, 1.807) is 7.11 Å². The highest BCUT2D eigenvalue weighted by Crippen LogP contribution is 2.25. The predicted molar refractivity (Wildman–Crippen MR) is 104 cm³/mol. The second-order valence-electron chi connectivity index (χ2n) is 6.29. The van der Waals surface area contributed by atoms with E-state index in [1.165, 1.54) is 5.56 Å². The highest BCUT2D eigenvalue weighted by atomic mass is 16.5. The second kappa shape index (κ2) is 9.70. The maximum atomic E-state index is 11.9. The zero-order valence-corrected chi connectivity index (χ0v) is 16.0. The van der Waals surface area contributed by atoms with Crippen LogP contribution in [0.5, 0.6) is 11.5 Å². The Morgan fingerprint density at radius 1 is 1.00 bits per heavy atom. The largest absolute Gasteiger partial charge is 0.497 e. The van der Waals surface area contributed by atoms with E-state index in [0.717, 1.165) is 34.6 Å². The summed E-state index contributed by atoms with van der Waals surface area (Å²) in [7, 11) is 1.65. The first-order chi connectivity index (χ1) is 12.5. The van der Waals surface area contributed by atoms with Crippen molar-refractivity contribution >= 4 is 6.03 Å². The quantitative estimate of drug-likeness (QED) is 0.711. The molecule has 0 spiro atoms. The van der Waals surface area contributed by atoms with Crippen molar-refractivity contribution in [2.75, 3.05) is 26.8 Å². The van der Waals surface area contributed by atoms with Gasteiger partial charge < -0.3 is 20.1 Å². The minimum absolute atomic E-state index is 0.186. The van der Waals surface area contributed by atoms with Crippen molar-refractivity contribution in [3.05, 3.63) is 58.7 Å². The maximum absolute atomic E-state index is 11.9. The fourth-order valence-corrected chi connectivity index (χ4v) is 2.68. The molecule has 140 valence electrons. The Balaban J connectivity index is 1.67. The fraction of sp³-hybridized carbons (Fsp3) is 0.381. The molecule has 2 N–H and O–H groups in total. The molecule has 2 aromatic carbocycles. The Bertz CT molecular complexity index is 744. The molecule has 0 radical (unpaired) electrons. The lowest BCUT2D eigenvalue weighted by molar-refractivity contribution is 0.236. The summed E-state index contributed by atoms with van der Waals surface area (Å²) in [6.07, 6.45) is 0.753. The van der Waals surface area contributed by atoms with Crippen molar-refractivity contribution in [1.82, 2.24) is 10.6 Å². The maximum Gasteiger partial charge on any atom is 0.314 e. The lowest BCUT2D eigenvalue weighted by Gasteiger charge is -2.14. The van der Waals surface area contributed by atoms with Gasteiger partial charge in [-0.25, -0.2) is 4.79 Å². The average molecular weight is 356 g/mol. The van der Waals surface area contributed by atoms with Crippen LogP contribution < -0.4 is 20.1 Å². The van der Waals surface area contributed by atoms with Crippen LogP contribution >= 0.6 is 0 Å². The molecule has 0 heterocycles. The minimum atomic E-state index is -0.186. The lowest BCUT2D eigenvalue weighted by atomic mass is 10.1. The molecule has 0 unspecified atom stereocenters. The van der Waals surface area contributed by atoms with Crippen LogP contribution in [0.2, 0.25) is 0 Å². The van der Waals surface area contributed by atoms with Gasteiger partial charge in [0.05, 0.1) is 13.7 Å². The van der Waals surface area contributed by atoms with Crippen LogP contribution in [0.1, 0.15) is 22.3 Å². The molecule has 0 aliphatic heterocycles. The molecule has 0 saturated carbocycles. The van der Waals surface area contributed by atoms with E-state index in [1.807, 2.05) is 31.2 Å². The number of amides is 2. The van der Waals surface area contributed by atoms with E-state index >= 15 is 0 Å². The summed E-state index contributed by atoms with van der Waals surface area (Å²) in [6.45, 7) is 7.61. The van der Waals surface area contributed by atoms with Crippen LogP contribution in [0.3, 0.4) is 0 Å².